The molecule has 2 unspecified atom stereocenters. The van der Waals surface area contributed by atoms with Crippen LogP contribution in [0.25, 0.3) is 11.1 Å². The molecular weight excluding hydrogens is 460 g/mol. The van der Waals surface area contributed by atoms with Gasteiger partial charge in [-0.25, -0.2) is 27.5 Å². The maximum absolute atomic E-state index is 14.7. The molecule has 0 spiro atoms. The van der Waals surface area contributed by atoms with E-state index in [0.29, 0.717) is 11.5 Å². The number of nitrogens with one attached hydrogen (secondary N) is 1. The molecule has 1 fully saturated rings. The SMILES string of the molecule is CC(C)c1ncc(C(=O)Nc2c(-c3cc(F)ccc3F)ccnc2C2CCC(F)(F)CC2C)cn1. The minimum absolute atomic E-state index is 0.0656. The lowest BCUT2D eigenvalue weighted by atomic mass is 9.75. The smallest absolute Gasteiger partial charge is 0.258 e. The zero-order valence-electron chi connectivity index (χ0n) is 19.7. The van der Waals surface area contributed by atoms with E-state index in [0.717, 1.165) is 18.2 Å². The van der Waals surface area contributed by atoms with E-state index in [1.54, 1.807) is 6.92 Å². The number of nitrogens with zero attached hydrogens (tertiary/aromatic N) is 3. The number of carbonyl (C=O) groups is 1. The molecule has 184 valence electrons. The number of pyridine rings is 1. The summed E-state index contributed by atoms with van der Waals surface area (Å²) >= 11 is 0. The van der Waals surface area contributed by atoms with Crippen LogP contribution in [-0.2, 0) is 0 Å². The van der Waals surface area contributed by atoms with Gasteiger partial charge in [0.15, 0.2) is 0 Å². The fourth-order valence-corrected chi connectivity index (χ4v) is 4.53. The summed E-state index contributed by atoms with van der Waals surface area (Å²) < 4.78 is 56.8. The average Bonchev–Trinajstić information content (AvgIpc) is 2.80. The molecule has 1 aliphatic carbocycles. The lowest BCUT2D eigenvalue weighted by molar-refractivity contribution is -0.0558. The summed E-state index contributed by atoms with van der Waals surface area (Å²) in [6.07, 6.45) is 3.70. The van der Waals surface area contributed by atoms with E-state index in [1.807, 2.05) is 13.8 Å². The Balaban J connectivity index is 1.79. The fraction of sp³-hybridized carbons (Fsp3) is 0.385. The molecular formula is C26H26F4N4O. The third-order valence-electron chi connectivity index (χ3n) is 6.37. The van der Waals surface area contributed by atoms with E-state index in [9.17, 15) is 22.4 Å². The summed E-state index contributed by atoms with van der Waals surface area (Å²) in [5.74, 6) is -4.88. The van der Waals surface area contributed by atoms with E-state index in [2.05, 4.69) is 20.3 Å². The quantitative estimate of drug-likeness (QED) is 0.406. The van der Waals surface area contributed by atoms with Crippen LogP contribution in [0.15, 0.2) is 42.9 Å². The van der Waals surface area contributed by atoms with E-state index in [4.69, 9.17) is 0 Å². The highest BCUT2D eigenvalue weighted by molar-refractivity contribution is 6.06. The number of anilines is 1. The maximum atomic E-state index is 14.7. The van der Waals surface area contributed by atoms with Gasteiger partial charge in [0.1, 0.15) is 17.5 Å². The van der Waals surface area contributed by atoms with Crippen molar-refractivity contribution in [1.82, 2.24) is 15.0 Å². The second-order valence-electron chi connectivity index (χ2n) is 9.36. The van der Waals surface area contributed by atoms with E-state index in [1.165, 1.54) is 24.7 Å². The van der Waals surface area contributed by atoms with E-state index >= 15 is 0 Å². The minimum atomic E-state index is -2.78. The lowest BCUT2D eigenvalue weighted by Gasteiger charge is -2.34. The highest BCUT2D eigenvalue weighted by Crippen LogP contribution is 2.47. The number of rotatable bonds is 5. The normalized spacial score (nSPS) is 19.5. The maximum Gasteiger partial charge on any atom is 0.258 e. The Labute approximate surface area is 201 Å². The van der Waals surface area contributed by atoms with Crippen LogP contribution in [0.1, 0.15) is 73.7 Å². The van der Waals surface area contributed by atoms with E-state index < -0.39 is 35.3 Å². The largest absolute Gasteiger partial charge is 0.320 e. The van der Waals surface area contributed by atoms with Gasteiger partial charge in [0, 0.05) is 54.4 Å². The van der Waals surface area contributed by atoms with Crippen molar-refractivity contribution in [2.45, 2.75) is 57.8 Å². The first-order valence-electron chi connectivity index (χ1n) is 11.5. The molecule has 3 aromatic rings. The van der Waals surface area contributed by atoms with Gasteiger partial charge < -0.3 is 5.32 Å². The van der Waals surface area contributed by atoms with Gasteiger partial charge in [-0.3, -0.25) is 9.78 Å². The Morgan fingerprint density at radius 2 is 1.80 bits per heavy atom. The topological polar surface area (TPSA) is 67.8 Å². The van der Waals surface area contributed by atoms with Crippen molar-refractivity contribution in [3.8, 4) is 11.1 Å². The van der Waals surface area contributed by atoms with Crippen molar-refractivity contribution in [3.05, 3.63) is 71.6 Å². The highest BCUT2D eigenvalue weighted by Gasteiger charge is 2.41. The van der Waals surface area contributed by atoms with Crippen molar-refractivity contribution in [1.29, 1.82) is 0 Å². The number of amides is 1. The van der Waals surface area contributed by atoms with Gasteiger partial charge in [0.2, 0.25) is 5.92 Å². The number of aromatic nitrogens is 3. The average molecular weight is 487 g/mol. The molecule has 2 aromatic heterocycles. The van der Waals surface area contributed by atoms with Crippen LogP contribution in [0.4, 0.5) is 23.2 Å². The summed E-state index contributed by atoms with van der Waals surface area (Å²) in [6.45, 7) is 5.55. The van der Waals surface area contributed by atoms with Gasteiger partial charge >= 0.3 is 0 Å². The standard InChI is InChI=1S/C26H26F4N4O/c1-14(2)24-32-12-16(13-33-24)25(35)34-23-19(20-10-17(27)4-5-21(20)28)7-9-31-22(23)18-6-8-26(29,30)11-15(18)3/h4-5,7,9-10,12-15,18H,6,8,11H2,1-3H3,(H,34,35). The molecule has 35 heavy (non-hydrogen) atoms. The number of hydrogen-bond acceptors (Lipinski definition) is 4. The third kappa shape index (κ3) is 5.33. The number of halogens is 4. The Kier molecular flexibility index (Phi) is 6.87. The van der Waals surface area contributed by atoms with Crippen LogP contribution in [0, 0.1) is 17.6 Å². The number of carbonyl (C=O) groups excluding carboxylic acids is 1. The Hall–Kier alpha value is -3.36. The van der Waals surface area contributed by atoms with Crippen LogP contribution in [0.2, 0.25) is 0 Å². The summed E-state index contributed by atoms with van der Waals surface area (Å²) in [5.41, 5.74) is 0.839. The van der Waals surface area contributed by atoms with E-state index in [-0.39, 0.29) is 47.6 Å². The number of benzene rings is 1. The van der Waals surface area contributed by atoms with Crippen molar-refractivity contribution >= 4 is 11.6 Å². The van der Waals surface area contributed by atoms with Crippen molar-refractivity contribution in [2.75, 3.05) is 5.32 Å². The molecule has 0 aliphatic heterocycles. The second-order valence-corrected chi connectivity index (χ2v) is 9.36. The number of alkyl halides is 2. The van der Waals surface area contributed by atoms with Crippen LogP contribution in [-0.4, -0.2) is 26.8 Å². The van der Waals surface area contributed by atoms with Crippen molar-refractivity contribution in [3.63, 3.8) is 0 Å². The molecule has 1 aliphatic rings. The molecule has 9 heteroatoms. The highest BCUT2D eigenvalue weighted by atomic mass is 19.3. The van der Waals surface area contributed by atoms with Gasteiger partial charge in [0.25, 0.3) is 5.91 Å². The molecule has 0 bridgehead atoms. The van der Waals surface area contributed by atoms with Gasteiger partial charge in [-0.2, -0.15) is 0 Å². The summed E-state index contributed by atoms with van der Waals surface area (Å²) in [5, 5.41) is 2.77. The number of hydrogen-bond donors (Lipinski definition) is 1. The molecule has 5 nitrogen and oxygen atoms in total. The Morgan fingerprint density at radius 3 is 2.46 bits per heavy atom. The minimum Gasteiger partial charge on any atom is -0.320 e. The molecule has 2 heterocycles. The lowest BCUT2D eigenvalue weighted by Crippen LogP contribution is -2.31. The zero-order chi connectivity index (χ0) is 25.3. The molecule has 2 atom stereocenters. The van der Waals surface area contributed by atoms with Crippen molar-refractivity contribution in [2.24, 2.45) is 5.92 Å². The molecule has 0 radical (unpaired) electrons. The molecule has 1 amide bonds. The Bertz CT molecular complexity index is 1230. The van der Waals surface area contributed by atoms with Crippen molar-refractivity contribution < 1.29 is 22.4 Å². The summed E-state index contributed by atoms with van der Waals surface area (Å²) in [6, 6.07) is 4.50. The van der Waals surface area contributed by atoms with Gasteiger partial charge in [-0.15, -0.1) is 0 Å². The van der Waals surface area contributed by atoms with Crippen LogP contribution < -0.4 is 5.32 Å². The first-order chi connectivity index (χ1) is 16.6. The Morgan fingerprint density at radius 1 is 1.09 bits per heavy atom. The zero-order valence-corrected chi connectivity index (χ0v) is 19.7. The third-order valence-corrected chi connectivity index (χ3v) is 6.37. The summed E-state index contributed by atoms with van der Waals surface area (Å²) in [4.78, 5) is 26.0. The van der Waals surface area contributed by atoms with Crippen LogP contribution >= 0.6 is 0 Å². The molecule has 1 saturated carbocycles. The van der Waals surface area contributed by atoms with Gasteiger partial charge in [-0.1, -0.05) is 20.8 Å². The molecule has 4 rings (SSSR count). The van der Waals surface area contributed by atoms with Gasteiger partial charge in [-0.05, 0) is 36.6 Å². The predicted molar refractivity (Wildman–Crippen MR) is 124 cm³/mol. The molecule has 0 saturated heterocycles. The molecule has 1 N–H and O–H groups in total. The monoisotopic (exact) mass is 486 g/mol. The summed E-state index contributed by atoms with van der Waals surface area (Å²) in [7, 11) is 0. The van der Waals surface area contributed by atoms with Crippen LogP contribution in [0.3, 0.4) is 0 Å². The van der Waals surface area contributed by atoms with Gasteiger partial charge in [0.05, 0.1) is 16.9 Å². The fourth-order valence-electron chi connectivity index (χ4n) is 4.53. The predicted octanol–water partition coefficient (Wildman–Crippen LogP) is 6.73. The first kappa shape index (κ1) is 24.8. The second kappa shape index (κ2) is 9.71. The molecule has 1 aromatic carbocycles. The first-order valence-corrected chi connectivity index (χ1v) is 11.5. The van der Waals surface area contributed by atoms with Crippen LogP contribution in [0.5, 0.6) is 0 Å².